The third kappa shape index (κ3) is 57.3. The highest BCUT2D eigenvalue weighted by Gasteiger charge is 2.28. The minimum absolute atomic E-state index is 0.148. The maximum atomic E-state index is 12.9. The molecule has 0 spiro atoms. The first-order valence-electron chi connectivity index (χ1n) is 31.5. The van der Waals surface area contributed by atoms with Crippen molar-refractivity contribution in [3.8, 4) is 0 Å². The molecule has 0 aliphatic heterocycles. The van der Waals surface area contributed by atoms with Gasteiger partial charge in [0.2, 0.25) is 0 Å². The fourth-order valence-electron chi connectivity index (χ4n) is 8.42. The molecule has 0 fully saturated rings. The molecule has 0 radical (unpaired) electrons. The number of esters is 3. The van der Waals surface area contributed by atoms with E-state index in [0.717, 1.165) is 141 Å². The molecule has 3 atom stereocenters. The van der Waals surface area contributed by atoms with Crippen molar-refractivity contribution < 1.29 is 52.2 Å². The van der Waals surface area contributed by atoms with E-state index in [2.05, 4.69) is 106 Å². The molecule has 0 aliphatic rings. The molecule has 0 saturated carbocycles. The van der Waals surface area contributed by atoms with E-state index in [-0.39, 0.29) is 25.9 Å². The Morgan fingerprint density at radius 1 is 0.359 bits per heavy atom. The highest BCUT2D eigenvalue weighted by Crippen LogP contribution is 2.43. The van der Waals surface area contributed by atoms with Crippen molar-refractivity contribution in [1.82, 2.24) is 0 Å². The lowest BCUT2D eigenvalue weighted by atomic mass is 10.1. The molecule has 0 amide bonds. The van der Waals surface area contributed by atoms with Crippen LogP contribution in [-0.2, 0) is 42.2 Å². The van der Waals surface area contributed by atoms with Gasteiger partial charge in [-0.05, 0) is 122 Å². The molecule has 3 unspecified atom stereocenters. The second-order valence-corrected chi connectivity index (χ2v) is 22.3. The standard InChI is InChI=1S/C66H115O11P/c1-4-7-10-13-16-19-22-25-27-29-31-33-35-38-41-44-47-50-53-56-65(69)76-62(58-67)60-74-78(71,72)75-61-63(59-73-64(68)55-52-49-46-43-40-37-24-21-18-15-12-9-6-3)77-66(70)57-54-51-48-45-42-39-36-34-32-30-28-26-23-20-17-14-11-8-5-2/h16-17,19-21,24-28,31-34,62-63,67H,4-15,18,22-23,29-30,35-61H2,1-3H3,(H,71,72)/b19-16-,20-17-,24-21-,27-25-,28-26-,33-31-,34-32-. The van der Waals surface area contributed by atoms with Crippen molar-refractivity contribution in [1.29, 1.82) is 0 Å². The number of ether oxygens (including phenoxy) is 3. The van der Waals surface area contributed by atoms with Gasteiger partial charge in [0.1, 0.15) is 12.7 Å². The topological polar surface area (TPSA) is 155 Å². The van der Waals surface area contributed by atoms with Crippen molar-refractivity contribution in [3.05, 3.63) is 85.1 Å². The van der Waals surface area contributed by atoms with Gasteiger partial charge in [-0.15, -0.1) is 0 Å². The number of unbranched alkanes of at least 4 members (excludes halogenated alkanes) is 27. The van der Waals surface area contributed by atoms with E-state index in [1.807, 2.05) is 0 Å². The lowest BCUT2D eigenvalue weighted by Gasteiger charge is -2.21. The Bertz CT molecular complexity index is 1630. The van der Waals surface area contributed by atoms with Crippen LogP contribution in [0.25, 0.3) is 0 Å². The Balaban J connectivity index is 4.71. The lowest BCUT2D eigenvalue weighted by Crippen LogP contribution is -2.30. The first-order chi connectivity index (χ1) is 38.2. The van der Waals surface area contributed by atoms with E-state index in [0.29, 0.717) is 19.3 Å². The van der Waals surface area contributed by atoms with E-state index in [4.69, 9.17) is 23.3 Å². The third-order valence-corrected chi connectivity index (χ3v) is 14.2. The van der Waals surface area contributed by atoms with E-state index in [9.17, 15) is 28.9 Å². The number of carbonyl (C=O) groups is 3. The van der Waals surface area contributed by atoms with Crippen LogP contribution < -0.4 is 0 Å². The largest absolute Gasteiger partial charge is 0.472 e. The zero-order valence-electron chi connectivity index (χ0n) is 49.9. The number of phosphoric acid groups is 1. The number of aliphatic hydroxyl groups is 1. The van der Waals surface area contributed by atoms with E-state index in [1.54, 1.807) is 0 Å². The minimum atomic E-state index is -4.76. The van der Waals surface area contributed by atoms with Gasteiger partial charge in [0, 0.05) is 19.3 Å². The second kappa shape index (κ2) is 59.8. The highest BCUT2D eigenvalue weighted by atomic mass is 31.2. The zero-order chi connectivity index (χ0) is 56.9. The molecule has 78 heavy (non-hydrogen) atoms. The van der Waals surface area contributed by atoms with Gasteiger partial charge in [-0.25, -0.2) is 4.57 Å². The molecule has 0 aromatic heterocycles. The van der Waals surface area contributed by atoms with Crippen molar-refractivity contribution in [2.75, 3.05) is 26.4 Å². The van der Waals surface area contributed by atoms with Crippen LogP contribution in [0.5, 0.6) is 0 Å². The minimum Gasteiger partial charge on any atom is -0.462 e. The molecule has 0 aliphatic carbocycles. The molecule has 0 aromatic carbocycles. The summed E-state index contributed by atoms with van der Waals surface area (Å²) in [6.07, 6.45) is 69.5. The van der Waals surface area contributed by atoms with Crippen LogP contribution in [0.15, 0.2) is 85.1 Å². The van der Waals surface area contributed by atoms with Gasteiger partial charge in [-0.3, -0.25) is 23.4 Å². The maximum absolute atomic E-state index is 12.9. The molecule has 0 bridgehead atoms. The van der Waals surface area contributed by atoms with E-state index < -0.39 is 57.8 Å². The summed E-state index contributed by atoms with van der Waals surface area (Å²) in [6, 6.07) is 0. The average molecular weight is 1120 g/mol. The number of hydrogen-bond donors (Lipinski definition) is 2. The number of allylic oxidation sites excluding steroid dienone is 14. The summed E-state index contributed by atoms with van der Waals surface area (Å²) < 4.78 is 39.6. The maximum Gasteiger partial charge on any atom is 0.472 e. The summed E-state index contributed by atoms with van der Waals surface area (Å²) in [7, 11) is -4.76. The number of phosphoric ester groups is 1. The van der Waals surface area contributed by atoms with Gasteiger partial charge in [0.25, 0.3) is 0 Å². The molecule has 0 saturated heterocycles. The Labute approximate surface area is 477 Å². The number of hydrogen-bond acceptors (Lipinski definition) is 10. The van der Waals surface area contributed by atoms with Gasteiger partial charge in [-0.1, -0.05) is 221 Å². The molecule has 450 valence electrons. The molecule has 0 rings (SSSR count). The second-order valence-electron chi connectivity index (χ2n) is 20.9. The SMILES string of the molecule is CCCCC/C=C\C/C=C\C/C=C\CCCCCCCCC(=O)OC(CO)COP(=O)(O)OCC(COC(=O)CCCCCCC/C=C\CCCCCC)OC(=O)CCCCCCCC/C=C\C/C=C\C/C=C\CCCCC. The van der Waals surface area contributed by atoms with Crippen molar-refractivity contribution in [3.63, 3.8) is 0 Å². The summed E-state index contributed by atoms with van der Waals surface area (Å²) >= 11 is 0. The van der Waals surface area contributed by atoms with E-state index in [1.165, 1.54) is 77.0 Å². The summed E-state index contributed by atoms with van der Waals surface area (Å²) in [5.74, 6) is -1.50. The normalized spacial score (nSPS) is 13.9. The summed E-state index contributed by atoms with van der Waals surface area (Å²) in [5.41, 5.74) is 0. The molecule has 11 nitrogen and oxygen atoms in total. The van der Waals surface area contributed by atoms with Gasteiger partial charge < -0.3 is 24.2 Å². The van der Waals surface area contributed by atoms with Crippen molar-refractivity contribution in [2.24, 2.45) is 0 Å². The lowest BCUT2D eigenvalue weighted by molar-refractivity contribution is -0.161. The first-order valence-corrected chi connectivity index (χ1v) is 33.0. The van der Waals surface area contributed by atoms with Crippen molar-refractivity contribution >= 4 is 25.7 Å². The first kappa shape index (κ1) is 74.7. The number of aliphatic hydroxyl groups excluding tert-OH is 1. The van der Waals surface area contributed by atoms with Crippen LogP contribution in [-0.4, -0.2) is 66.5 Å². The summed E-state index contributed by atoms with van der Waals surface area (Å²) in [4.78, 5) is 48.7. The van der Waals surface area contributed by atoms with Crippen LogP contribution >= 0.6 is 7.82 Å². The summed E-state index contributed by atoms with van der Waals surface area (Å²) in [5, 5.41) is 9.85. The Hall–Kier alpha value is -3.34. The molecule has 0 heterocycles. The Morgan fingerprint density at radius 2 is 0.628 bits per heavy atom. The smallest absolute Gasteiger partial charge is 0.462 e. The van der Waals surface area contributed by atoms with Gasteiger partial charge in [-0.2, -0.15) is 0 Å². The predicted octanol–water partition coefficient (Wildman–Crippen LogP) is 19.0. The summed E-state index contributed by atoms with van der Waals surface area (Å²) in [6.45, 7) is 4.56. The van der Waals surface area contributed by atoms with Crippen molar-refractivity contribution in [2.45, 2.75) is 290 Å². The fraction of sp³-hybridized carbons (Fsp3) is 0.742. The van der Waals surface area contributed by atoms with Gasteiger partial charge in [0.15, 0.2) is 6.10 Å². The van der Waals surface area contributed by atoms with Crippen LogP contribution in [0, 0.1) is 0 Å². The number of rotatable bonds is 58. The van der Waals surface area contributed by atoms with Crippen LogP contribution in [0.3, 0.4) is 0 Å². The average Bonchev–Trinajstić information content (AvgIpc) is 3.43. The quantitative estimate of drug-likeness (QED) is 0.0197. The van der Waals surface area contributed by atoms with Crippen LogP contribution in [0.1, 0.15) is 278 Å². The molecular formula is C66H115O11P. The fourth-order valence-corrected chi connectivity index (χ4v) is 9.21. The molecule has 12 heteroatoms. The molecular weight excluding hydrogens is 1000 g/mol. The third-order valence-electron chi connectivity index (χ3n) is 13.3. The predicted molar refractivity (Wildman–Crippen MR) is 325 cm³/mol. The van der Waals surface area contributed by atoms with E-state index >= 15 is 0 Å². The highest BCUT2D eigenvalue weighted by molar-refractivity contribution is 7.47. The Kier molecular flexibility index (Phi) is 57.2. The van der Waals surface area contributed by atoms with Gasteiger partial charge >= 0.3 is 25.7 Å². The molecule has 2 N–H and O–H groups in total. The monoisotopic (exact) mass is 1110 g/mol. The number of carbonyl (C=O) groups excluding carboxylic acids is 3. The van der Waals surface area contributed by atoms with Gasteiger partial charge in [0.05, 0.1) is 19.8 Å². The molecule has 0 aromatic rings. The van der Waals surface area contributed by atoms with Crippen LogP contribution in [0.2, 0.25) is 0 Å². The Morgan fingerprint density at radius 3 is 1.00 bits per heavy atom. The zero-order valence-corrected chi connectivity index (χ0v) is 50.8. The van der Waals surface area contributed by atoms with Crippen LogP contribution in [0.4, 0.5) is 0 Å².